The minimum atomic E-state index is -4.72. The standard InChI is InChI=1S/C24H25F3N6O3/c25-24(26,27)19-10-18(22(34)29-13-16-4-2-1-3-5-16)11-20(12-19)30-23(35)31-21-15-33(32-36-21)14-17-6-8-28-9-7-17/h1-5,10-12,15,17,28H,6-9,13-14H2,(H2-,29,30,31,32,34,35). The van der Waals surface area contributed by atoms with Crippen LogP contribution in [0.15, 0.2) is 59.3 Å². The Kier molecular flexibility index (Phi) is 7.84. The van der Waals surface area contributed by atoms with Crippen LogP contribution in [-0.2, 0) is 19.3 Å². The van der Waals surface area contributed by atoms with E-state index in [1.54, 1.807) is 28.9 Å². The summed E-state index contributed by atoms with van der Waals surface area (Å²) >= 11 is 0. The Balaban J connectivity index is 1.41. The number of amides is 3. The molecule has 0 spiro atoms. The van der Waals surface area contributed by atoms with Crippen molar-refractivity contribution in [3.63, 3.8) is 0 Å². The van der Waals surface area contributed by atoms with Crippen LogP contribution in [0.25, 0.3) is 5.32 Å². The number of piperidine rings is 1. The number of benzene rings is 2. The molecule has 0 unspecified atom stereocenters. The average Bonchev–Trinajstić information content (AvgIpc) is 3.29. The van der Waals surface area contributed by atoms with E-state index < -0.39 is 23.7 Å². The molecule has 3 N–H and O–H groups in total. The van der Waals surface area contributed by atoms with E-state index >= 15 is 0 Å². The fraction of sp³-hybridized carbons (Fsp3) is 0.333. The van der Waals surface area contributed by atoms with E-state index in [0.717, 1.165) is 49.7 Å². The van der Waals surface area contributed by atoms with Crippen LogP contribution in [-0.4, -0.2) is 30.3 Å². The van der Waals surface area contributed by atoms with E-state index in [1.165, 1.54) is 6.20 Å². The second-order valence-electron chi connectivity index (χ2n) is 8.46. The molecule has 12 heteroatoms. The van der Waals surface area contributed by atoms with Gasteiger partial charge in [-0.1, -0.05) is 35.0 Å². The van der Waals surface area contributed by atoms with Crippen molar-refractivity contribution >= 4 is 23.5 Å². The van der Waals surface area contributed by atoms with Gasteiger partial charge in [0, 0.05) is 18.0 Å². The van der Waals surface area contributed by atoms with Gasteiger partial charge in [-0.3, -0.25) is 9.59 Å². The van der Waals surface area contributed by atoms with Crippen molar-refractivity contribution in [2.24, 2.45) is 5.92 Å². The zero-order chi connectivity index (χ0) is 25.5. The summed E-state index contributed by atoms with van der Waals surface area (Å²) in [5.41, 5.74) is -0.777. The molecule has 1 fully saturated rings. The monoisotopic (exact) mass is 502 g/mol. The number of nitrogens with zero attached hydrogens (tertiary/aromatic N) is 3. The maximum atomic E-state index is 13.4. The molecule has 3 aromatic rings. The van der Waals surface area contributed by atoms with E-state index in [0.29, 0.717) is 12.5 Å². The summed E-state index contributed by atoms with van der Waals surface area (Å²) < 4.78 is 46.9. The van der Waals surface area contributed by atoms with Crippen molar-refractivity contribution < 1.29 is 32.0 Å². The second-order valence-corrected chi connectivity index (χ2v) is 8.46. The minimum Gasteiger partial charge on any atom is -0.424 e. The molecule has 0 atom stereocenters. The molecule has 9 nitrogen and oxygen atoms in total. The summed E-state index contributed by atoms with van der Waals surface area (Å²) in [6.07, 6.45) is -1.29. The van der Waals surface area contributed by atoms with Gasteiger partial charge in [-0.15, -0.1) is 0 Å². The smallest absolute Gasteiger partial charge is 0.416 e. The van der Waals surface area contributed by atoms with Crippen LogP contribution < -0.4 is 20.6 Å². The van der Waals surface area contributed by atoms with Crippen molar-refractivity contribution in [2.45, 2.75) is 32.1 Å². The number of hydrogen-bond donors (Lipinski definition) is 3. The number of halogens is 3. The molecule has 4 rings (SSSR count). The van der Waals surface area contributed by atoms with Crippen LogP contribution >= 0.6 is 0 Å². The first-order valence-corrected chi connectivity index (χ1v) is 11.4. The van der Waals surface area contributed by atoms with Gasteiger partial charge in [0.05, 0.1) is 5.56 Å². The van der Waals surface area contributed by atoms with Gasteiger partial charge in [0.1, 0.15) is 0 Å². The summed E-state index contributed by atoms with van der Waals surface area (Å²) in [6, 6.07) is 10.6. The highest BCUT2D eigenvalue weighted by Crippen LogP contribution is 2.32. The number of anilines is 1. The van der Waals surface area contributed by atoms with Gasteiger partial charge in [0.25, 0.3) is 5.91 Å². The van der Waals surface area contributed by atoms with Gasteiger partial charge in [0.15, 0.2) is 17.8 Å². The zero-order valence-corrected chi connectivity index (χ0v) is 19.2. The zero-order valence-electron chi connectivity index (χ0n) is 19.2. The first-order valence-electron chi connectivity index (χ1n) is 11.4. The predicted molar refractivity (Wildman–Crippen MR) is 123 cm³/mol. The molecule has 190 valence electrons. The number of aromatic nitrogens is 2. The number of carbonyl (C=O) groups excluding carboxylic acids is 2. The lowest BCUT2D eigenvalue weighted by Crippen LogP contribution is -2.42. The van der Waals surface area contributed by atoms with Crippen LogP contribution in [0.4, 0.5) is 29.5 Å². The maximum Gasteiger partial charge on any atom is 0.416 e. The third-order valence-electron chi connectivity index (χ3n) is 5.68. The van der Waals surface area contributed by atoms with Gasteiger partial charge in [0.2, 0.25) is 12.1 Å². The van der Waals surface area contributed by atoms with Crippen molar-refractivity contribution in [3.05, 3.63) is 76.7 Å². The molecule has 2 heterocycles. The molecule has 3 amide bonds. The van der Waals surface area contributed by atoms with Crippen molar-refractivity contribution in [2.75, 3.05) is 18.4 Å². The third-order valence-corrected chi connectivity index (χ3v) is 5.68. The SMILES string of the molecule is O=C([N-]c1c[n+](CC2CCNCC2)no1)Nc1cc(C(=O)NCc2ccccc2)cc(C(F)(F)F)c1. The maximum absolute atomic E-state index is 13.4. The summed E-state index contributed by atoms with van der Waals surface area (Å²) in [5.74, 6) is -0.389. The predicted octanol–water partition coefficient (Wildman–Crippen LogP) is 4.15. The Labute approximate surface area is 205 Å². The molecule has 0 saturated carbocycles. The van der Waals surface area contributed by atoms with Crippen LogP contribution in [0.3, 0.4) is 0 Å². The quantitative estimate of drug-likeness (QED) is 0.420. The van der Waals surface area contributed by atoms with Crippen LogP contribution in [0, 0.1) is 5.92 Å². The molecule has 36 heavy (non-hydrogen) atoms. The van der Waals surface area contributed by atoms with Gasteiger partial charge < -0.3 is 25.8 Å². The topological polar surface area (TPSA) is 114 Å². The highest BCUT2D eigenvalue weighted by Gasteiger charge is 2.31. The number of carbonyl (C=O) groups is 2. The molecular weight excluding hydrogens is 477 g/mol. The van der Waals surface area contributed by atoms with E-state index in [4.69, 9.17) is 4.52 Å². The lowest BCUT2D eigenvalue weighted by atomic mass is 9.98. The molecule has 1 aliphatic heterocycles. The van der Waals surface area contributed by atoms with E-state index in [1.807, 2.05) is 6.07 Å². The van der Waals surface area contributed by atoms with Gasteiger partial charge in [-0.2, -0.15) is 13.2 Å². The summed E-state index contributed by atoms with van der Waals surface area (Å²) in [7, 11) is 0. The summed E-state index contributed by atoms with van der Waals surface area (Å²) in [4.78, 5) is 24.9. The van der Waals surface area contributed by atoms with Crippen molar-refractivity contribution in [1.29, 1.82) is 0 Å². The molecule has 0 aliphatic carbocycles. The molecule has 1 aliphatic rings. The fourth-order valence-electron chi connectivity index (χ4n) is 3.86. The van der Waals surface area contributed by atoms with Crippen molar-refractivity contribution in [1.82, 2.24) is 15.9 Å². The Bertz CT molecular complexity index is 1190. The van der Waals surface area contributed by atoms with Crippen LogP contribution in [0.5, 0.6) is 0 Å². The Hall–Kier alpha value is -3.93. The van der Waals surface area contributed by atoms with Gasteiger partial charge in [-0.05, 0) is 55.4 Å². The normalized spacial score (nSPS) is 14.3. The number of alkyl halides is 3. The second kappa shape index (κ2) is 11.2. The van der Waals surface area contributed by atoms with Gasteiger partial charge >= 0.3 is 6.18 Å². The summed E-state index contributed by atoms with van der Waals surface area (Å²) in [5, 5.41) is 15.7. The molecule has 0 bridgehead atoms. The first-order chi connectivity index (χ1) is 17.3. The Morgan fingerprint density at radius 2 is 1.89 bits per heavy atom. The minimum absolute atomic E-state index is 0.0887. The number of nitrogens with one attached hydrogen (secondary N) is 3. The van der Waals surface area contributed by atoms with E-state index in [-0.39, 0.29) is 23.7 Å². The lowest BCUT2D eigenvalue weighted by molar-refractivity contribution is -0.767. The summed E-state index contributed by atoms with van der Waals surface area (Å²) in [6.45, 7) is 2.59. The van der Waals surface area contributed by atoms with E-state index in [9.17, 15) is 22.8 Å². The largest absolute Gasteiger partial charge is 0.424 e. The Morgan fingerprint density at radius 1 is 1.14 bits per heavy atom. The first kappa shape index (κ1) is 25.2. The van der Waals surface area contributed by atoms with E-state index in [2.05, 4.69) is 26.5 Å². The lowest BCUT2D eigenvalue weighted by Gasteiger charge is -2.18. The number of rotatable bonds is 7. The highest BCUT2D eigenvalue weighted by molar-refractivity contribution is 6.04. The average molecular weight is 502 g/mol. The number of hydrogen-bond acceptors (Lipinski definition) is 5. The van der Waals surface area contributed by atoms with Crippen LogP contribution in [0.1, 0.15) is 34.3 Å². The molecule has 1 aromatic heterocycles. The highest BCUT2D eigenvalue weighted by atomic mass is 19.4. The molecular formula is C24H25F3N6O3. The Morgan fingerprint density at radius 3 is 2.61 bits per heavy atom. The fourth-order valence-corrected chi connectivity index (χ4v) is 3.86. The number of urea groups is 1. The van der Waals surface area contributed by atoms with Crippen LogP contribution in [0.2, 0.25) is 0 Å². The molecule has 2 aromatic carbocycles. The molecule has 1 saturated heterocycles. The van der Waals surface area contributed by atoms with Crippen molar-refractivity contribution in [3.8, 4) is 0 Å². The van der Waals surface area contributed by atoms with Gasteiger partial charge in [-0.25, -0.2) is 0 Å². The molecule has 0 radical (unpaired) electrons. The third kappa shape index (κ3) is 7.04.